The highest BCUT2D eigenvalue weighted by molar-refractivity contribution is 6.30. The molecular formula is C21H24ClN5O. The third-order valence-corrected chi connectivity index (χ3v) is 5.48. The van der Waals surface area contributed by atoms with Gasteiger partial charge in [0.05, 0.1) is 24.1 Å². The van der Waals surface area contributed by atoms with Gasteiger partial charge in [0.15, 0.2) is 0 Å². The van der Waals surface area contributed by atoms with Crippen molar-refractivity contribution >= 4 is 34.2 Å². The largest absolute Gasteiger partial charge is 0.368 e. The zero-order chi connectivity index (χ0) is 19.5. The summed E-state index contributed by atoms with van der Waals surface area (Å²) in [5, 5.41) is 3.98. The molecule has 2 aromatic carbocycles. The number of benzene rings is 2. The molecule has 1 N–H and O–H groups in total. The van der Waals surface area contributed by atoms with Crippen LogP contribution in [0.2, 0.25) is 5.02 Å². The summed E-state index contributed by atoms with van der Waals surface area (Å²) in [4.78, 5) is 21.4. The van der Waals surface area contributed by atoms with Gasteiger partial charge in [0, 0.05) is 43.9 Å². The maximum atomic E-state index is 12.5. The Morgan fingerprint density at radius 1 is 1.11 bits per heavy atom. The van der Waals surface area contributed by atoms with Gasteiger partial charge in [0.2, 0.25) is 5.91 Å². The second kappa shape index (κ2) is 8.20. The molecule has 1 aliphatic rings. The van der Waals surface area contributed by atoms with Crippen LogP contribution >= 0.6 is 11.6 Å². The van der Waals surface area contributed by atoms with Crippen LogP contribution in [-0.2, 0) is 18.4 Å². The quantitative estimate of drug-likeness (QED) is 0.719. The molecule has 2 heterocycles. The van der Waals surface area contributed by atoms with E-state index >= 15 is 0 Å². The predicted octanol–water partition coefficient (Wildman–Crippen LogP) is 2.67. The number of carbonyl (C=O) groups is 1. The Bertz CT molecular complexity index is 978. The molecule has 7 heteroatoms. The highest BCUT2D eigenvalue weighted by atomic mass is 35.5. The number of hydrogen-bond donors (Lipinski definition) is 1. The van der Waals surface area contributed by atoms with Crippen molar-refractivity contribution in [2.45, 2.75) is 6.54 Å². The van der Waals surface area contributed by atoms with E-state index in [0.29, 0.717) is 13.1 Å². The van der Waals surface area contributed by atoms with E-state index in [0.717, 1.165) is 53.7 Å². The van der Waals surface area contributed by atoms with Gasteiger partial charge in [-0.05, 0) is 30.3 Å². The molecule has 3 aromatic rings. The summed E-state index contributed by atoms with van der Waals surface area (Å²) in [6.07, 6.45) is 0. The number of fused-ring (bicyclic) bond motifs is 1. The fourth-order valence-corrected chi connectivity index (χ4v) is 3.82. The first-order valence-corrected chi connectivity index (χ1v) is 9.89. The first kappa shape index (κ1) is 18.8. The molecule has 146 valence electrons. The summed E-state index contributed by atoms with van der Waals surface area (Å²) in [5.74, 6) is 1.06. The highest BCUT2D eigenvalue weighted by Crippen LogP contribution is 2.20. The van der Waals surface area contributed by atoms with Crippen molar-refractivity contribution < 1.29 is 4.79 Å². The molecule has 0 bridgehead atoms. The molecule has 1 amide bonds. The fourth-order valence-electron chi connectivity index (χ4n) is 3.63. The summed E-state index contributed by atoms with van der Waals surface area (Å²) < 4.78 is 2.07. The van der Waals surface area contributed by atoms with Gasteiger partial charge >= 0.3 is 0 Å². The smallest absolute Gasteiger partial charge is 0.236 e. The molecule has 0 spiro atoms. The second-order valence-electron chi connectivity index (χ2n) is 7.03. The minimum atomic E-state index is 0.129. The average Bonchev–Trinajstić information content (AvgIpc) is 3.04. The van der Waals surface area contributed by atoms with Crippen molar-refractivity contribution in [3.8, 4) is 0 Å². The van der Waals surface area contributed by atoms with Gasteiger partial charge in [-0.15, -0.1) is 0 Å². The first-order chi connectivity index (χ1) is 13.6. The van der Waals surface area contributed by atoms with Crippen LogP contribution in [-0.4, -0.2) is 53.1 Å². The SMILES string of the molecule is Cn1c(CNCC(=O)N2CCN(c3cccc(Cl)c3)CC2)nc2ccccc21. The maximum Gasteiger partial charge on any atom is 0.236 e. The molecule has 0 atom stereocenters. The standard InChI is InChI=1S/C21H24ClN5O/c1-25-19-8-3-2-7-18(19)24-20(25)14-23-15-21(28)27-11-9-26(10-12-27)17-6-4-5-16(22)13-17/h2-8,13,23H,9-12,14-15H2,1H3. The Morgan fingerprint density at radius 3 is 2.64 bits per heavy atom. The zero-order valence-electron chi connectivity index (χ0n) is 15.9. The number of nitrogens with one attached hydrogen (secondary N) is 1. The van der Waals surface area contributed by atoms with Gasteiger partial charge in [-0.25, -0.2) is 4.98 Å². The van der Waals surface area contributed by atoms with Crippen LogP contribution in [0.3, 0.4) is 0 Å². The Morgan fingerprint density at radius 2 is 1.89 bits per heavy atom. The van der Waals surface area contributed by atoms with Crippen molar-refractivity contribution in [2.75, 3.05) is 37.6 Å². The van der Waals surface area contributed by atoms with Gasteiger partial charge < -0.3 is 19.7 Å². The highest BCUT2D eigenvalue weighted by Gasteiger charge is 2.21. The van der Waals surface area contributed by atoms with E-state index in [2.05, 4.69) is 31.9 Å². The predicted molar refractivity (Wildman–Crippen MR) is 113 cm³/mol. The number of carbonyl (C=O) groups excluding carboxylic acids is 1. The van der Waals surface area contributed by atoms with Gasteiger partial charge in [0.1, 0.15) is 5.82 Å². The summed E-state index contributed by atoms with van der Waals surface area (Å²) in [7, 11) is 2.00. The third kappa shape index (κ3) is 3.98. The number of anilines is 1. The molecular weight excluding hydrogens is 374 g/mol. The number of imidazole rings is 1. The molecule has 1 aromatic heterocycles. The Balaban J connectivity index is 1.27. The Labute approximate surface area is 169 Å². The lowest BCUT2D eigenvalue weighted by molar-refractivity contribution is -0.130. The molecule has 4 rings (SSSR count). The summed E-state index contributed by atoms with van der Waals surface area (Å²) in [6.45, 7) is 3.96. The molecule has 0 unspecified atom stereocenters. The van der Waals surface area contributed by atoms with E-state index in [-0.39, 0.29) is 5.91 Å². The molecule has 1 aliphatic heterocycles. The molecule has 1 fully saturated rings. The maximum absolute atomic E-state index is 12.5. The fraction of sp³-hybridized carbons (Fsp3) is 0.333. The van der Waals surface area contributed by atoms with Gasteiger partial charge in [-0.1, -0.05) is 29.8 Å². The van der Waals surface area contributed by atoms with E-state index in [4.69, 9.17) is 11.6 Å². The summed E-state index contributed by atoms with van der Waals surface area (Å²) in [6, 6.07) is 15.9. The van der Waals surface area contributed by atoms with Crippen molar-refractivity contribution in [1.82, 2.24) is 19.8 Å². The molecule has 6 nitrogen and oxygen atoms in total. The van der Waals surface area contributed by atoms with Crippen LogP contribution in [0.5, 0.6) is 0 Å². The Hall–Kier alpha value is -2.57. The average molecular weight is 398 g/mol. The summed E-state index contributed by atoms with van der Waals surface area (Å²) >= 11 is 6.08. The molecule has 0 radical (unpaired) electrons. The number of hydrogen-bond acceptors (Lipinski definition) is 4. The lowest BCUT2D eigenvalue weighted by atomic mass is 10.2. The lowest BCUT2D eigenvalue weighted by Crippen LogP contribution is -2.50. The molecule has 0 aliphatic carbocycles. The number of rotatable bonds is 5. The normalized spacial score (nSPS) is 14.6. The first-order valence-electron chi connectivity index (χ1n) is 9.51. The number of aryl methyl sites for hydroxylation is 1. The van der Waals surface area contributed by atoms with Crippen molar-refractivity contribution in [3.63, 3.8) is 0 Å². The van der Waals surface area contributed by atoms with E-state index in [1.54, 1.807) is 0 Å². The van der Waals surface area contributed by atoms with Gasteiger partial charge in [-0.3, -0.25) is 4.79 Å². The van der Waals surface area contributed by atoms with Crippen LogP contribution < -0.4 is 10.2 Å². The van der Waals surface area contributed by atoms with E-state index < -0.39 is 0 Å². The van der Waals surface area contributed by atoms with E-state index in [1.807, 2.05) is 48.3 Å². The number of piperazine rings is 1. The zero-order valence-corrected chi connectivity index (χ0v) is 16.7. The van der Waals surface area contributed by atoms with Crippen molar-refractivity contribution in [2.24, 2.45) is 7.05 Å². The van der Waals surface area contributed by atoms with Crippen LogP contribution in [0, 0.1) is 0 Å². The number of amides is 1. The number of aromatic nitrogens is 2. The van der Waals surface area contributed by atoms with E-state index in [1.165, 1.54) is 0 Å². The van der Waals surface area contributed by atoms with E-state index in [9.17, 15) is 4.79 Å². The topological polar surface area (TPSA) is 53.4 Å². The minimum absolute atomic E-state index is 0.129. The lowest BCUT2D eigenvalue weighted by Gasteiger charge is -2.36. The van der Waals surface area contributed by atoms with Gasteiger partial charge in [0.25, 0.3) is 0 Å². The number of halogens is 1. The van der Waals surface area contributed by atoms with Crippen LogP contribution in [0.15, 0.2) is 48.5 Å². The van der Waals surface area contributed by atoms with Crippen LogP contribution in [0.4, 0.5) is 5.69 Å². The molecule has 28 heavy (non-hydrogen) atoms. The monoisotopic (exact) mass is 397 g/mol. The minimum Gasteiger partial charge on any atom is -0.368 e. The summed E-state index contributed by atoms with van der Waals surface area (Å²) in [5.41, 5.74) is 3.19. The second-order valence-corrected chi connectivity index (χ2v) is 7.46. The third-order valence-electron chi connectivity index (χ3n) is 5.24. The van der Waals surface area contributed by atoms with Gasteiger partial charge in [-0.2, -0.15) is 0 Å². The van der Waals surface area contributed by atoms with Crippen molar-refractivity contribution in [1.29, 1.82) is 0 Å². The molecule has 0 saturated carbocycles. The Kier molecular flexibility index (Phi) is 5.50. The van der Waals surface area contributed by atoms with Crippen LogP contribution in [0.1, 0.15) is 5.82 Å². The van der Waals surface area contributed by atoms with Crippen molar-refractivity contribution in [3.05, 3.63) is 59.4 Å². The van der Waals surface area contributed by atoms with Crippen LogP contribution in [0.25, 0.3) is 11.0 Å². The number of nitrogens with zero attached hydrogens (tertiary/aromatic N) is 4. The molecule has 1 saturated heterocycles. The number of para-hydroxylation sites is 2.